The van der Waals surface area contributed by atoms with Gasteiger partial charge in [-0.15, -0.1) is 0 Å². The first-order chi connectivity index (χ1) is 10.2. The smallest absolute Gasteiger partial charge is 0.382 e. The zero-order chi connectivity index (χ0) is 16.5. The Balaban J connectivity index is 2.07. The lowest BCUT2D eigenvalue weighted by atomic mass is 10.1. The first kappa shape index (κ1) is 16.6. The van der Waals surface area contributed by atoms with Crippen LogP contribution in [0.25, 0.3) is 10.9 Å². The van der Waals surface area contributed by atoms with E-state index in [4.69, 9.17) is 16.7 Å². The van der Waals surface area contributed by atoms with Crippen LogP contribution in [-0.4, -0.2) is 46.8 Å². The number of aromatic nitrogens is 1. The SMILES string of the molecule is CN(CC(O)C(F)(F)F)C(=O)Cc1c[nH]c2cc(Cl)ccc12. The lowest BCUT2D eigenvalue weighted by molar-refractivity contribution is -0.207. The van der Waals surface area contributed by atoms with Crippen LogP contribution in [0.5, 0.6) is 0 Å². The summed E-state index contributed by atoms with van der Waals surface area (Å²) in [6.45, 7) is -0.795. The number of amides is 1. The lowest BCUT2D eigenvalue weighted by Crippen LogP contribution is -2.42. The van der Waals surface area contributed by atoms with Crippen LogP contribution in [0, 0.1) is 0 Å². The quantitative estimate of drug-likeness (QED) is 0.903. The molecule has 0 bridgehead atoms. The van der Waals surface area contributed by atoms with E-state index in [0.29, 0.717) is 10.6 Å². The number of fused-ring (bicyclic) bond motifs is 1. The van der Waals surface area contributed by atoms with Gasteiger partial charge in [0.25, 0.3) is 0 Å². The molecule has 0 aliphatic carbocycles. The topological polar surface area (TPSA) is 56.3 Å². The highest BCUT2D eigenvalue weighted by molar-refractivity contribution is 6.31. The van der Waals surface area contributed by atoms with E-state index >= 15 is 0 Å². The monoisotopic (exact) mass is 334 g/mol. The Morgan fingerprint density at radius 2 is 2.14 bits per heavy atom. The lowest BCUT2D eigenvalue weighted by Gasteiger charge is -2.22. The number of nitrogens with one attached hydrogen (secondary N) is 1. The third-order valence-electron chi connectivity index (χ3n) is 3.32. The van der Waals surface area contributed by atoms with E-state index < -0.39 is 24.7 Å². The molecular weight excluding hydrogens is 321 g/mol. The zero-order valence-electron chi connectivity index (χ0n) is 11.6. The third-order valence-corrected chi connectivity index (χ3v) is 3.56. The Bertz CT molecular complexity index is 684. The minimum Gasteiger partial charge on any atom is -0.382 e. The number of hydrogen-bond acceptors (Lipinski definition) is 2. The number of aliphatic hydroxyl groups excluding tert-OH is 1. The van der Waals surface area contributed by atoms with Gasteiger partial charge < -0.3 is 15.0 Å². The summed E-state index contributed by atoms with van der Waals surface area (Å²) in [7, 11) is 1.23. The molecule has 1 amide bonds. The summed E-state index contributed by atoms with van der Waals surface area (Å²) in [6.07, 6.45) is -5.75. The van der Waals surface area contributed by atoms with E-state index in [-0.39, 0.29) is 6.42 Å². The van der Waals surface area contributed by atoms with E-state index in [9.17, 15) is 18.0 Å². The molecule has 1 aromatic heterocycles. The second-order valence-electron chi connectivity index (χ2n) is 5.01. The number of rotatable bonds is 4. The van der Waals surface area contributed by atoms with Gasteiger partial charge in [0.15, 0.2) is 6.10 Å². The fourth-order valence-electron chi connectivity index (χ4n) is 2.07. The zero-order valence-corrected chi connectivity index (χ0v) is 12.4. The summed E-state index contributed by atoms with van der Waals surface area (Å²) in [5.74, 6) is -0.515. The van der Waals surface area contributed by atoms with Gasteiger partial charge in [0.1, 0.15) is 0 Å². The average Bonchev–Trinajstić information content (AvgIpc) is 2.79. The number of nitrogens with zero attached hydrogens (tertiary/aromatic N) is 1. The molecule has 2 aromatic rings. The minimum atomic E-state index is -4.74. The van der Waals surface area contributed by atoms with Crippen molar-refractivity contribution in [3.05, 3.63) is 35.0 Å². The second kappa shape index (κ2) is 6.18. The van der Waals surface area contributed by atoms with Crippen LogP contribution in [0.15, 0.2) is 24.4 Å². The fourth-order valence-corrected chi connectivity index (χ4v) is 2.24. The summed E-state index contributed by atoms with van der Waals surface area (Å²) >= 11 is 5.85. The molecule has 0 saturated carbocycles. The molecule has 2 N–H and O–H groups in total. The van der Waals surface area contributed by atoms with Crippen molar-refractivity contribution in [1.29, 1.82) is 0 Å². The molecule has 0 aliphatic rings. The van der Waals surface area contributed by atoms with Crippen molar-refractivity contribution >= 4 is 28.4 Å². The van der Waals surface area contributed by atoms with Gasteiger partial charge >= 0.3 is 6.18 Å². The second-order valence-corrected chi connectivity index (χ2v) is 5.45. The summed E-state index contributed by atoms with van der Waals surface area (Å²) in [4.78, 5) is 15.8. The van der Waals surface area contributed by atoms with Crippen LogP contribution in [0.1, 0.15) is 5.56 Å². The number of aromatic amines is 1. The van der Waals surface area contributed by atoms with Crippen molar-refractivity contribution < 1.29 is 23.1 Å². The molecule has 1 atom stereocenters. The Labute approximate surface area is 129 Å². The number of alkyl halides is 3. The molecular formula is C14H14ClF3N2O2. The van der Waals surface area contributed by atoms with E-state index in [0.717, 1.165) is 15.8 Å². The summed E-state index contributed by atoms with van der Waals surface area (Å²) < 4.78 is 36.9. The van der Waals surface area contributed by atoms with Gasteiger partial charge in [0.05, 0.1) is 13.0 Å². The number of benzene rings is 1. The molecule has 0 aliphatic heterocycles. The average molecular weight is 335 g/mol. The van der Waals surface area contributed by atoms with Crippen LogP contribution in [0.2, 0.25) is 5.02 Å². The Morgan fingerprint density at radius 3 is 2.77 bits per heavy atom. The molecule has 0 fully saturated rings. The number of aliphatic hydroxyl groups is 1. The highest BCUT2D eigenvalue weighted by Crippen LogP contribution is 2.23. The standard InChI is InChI=1S/C14H14ClF3N2O2/c1-20(7-12(21)14(16,17)18)13(22)4-8-6-19-11-5-9(15)2-3-10(8)11/h2-3,5-6,12,19,21H,4,7H2,1H3. The van der Waals surface area contributed by atoms with Gasteiger partial charge in [0, 0.05) is 29.2 Å². The third kappa shape index (κ3) is 3.72. The van der Waals surface area contributed by atoms with E-state index in [1.807, 2.05) is 0 Å². The molecule has 1 heterocycles. The Hall–Kier alpha value is -1.73. The Kier molecular flexibility index (Phi) is 4.67. The maximum Gasteiger partial charge on any atom is 0.416 e. The Morgan fingerprint density at radius 1 is 1.45 bits per heavy atom. The van der Waals surface area contributed by atoms with Crippen molar-refractivity contribution in [2.24, 2.45) is 0 Å². The molecule has 0 spiro atoms. The molecule has 0 saturated heterocycles. The predicted octanol–water partition coefficient (Wildman–Crippen LogP) is 2.75. The van der Waals surface area contributed by atoms with Gasteiger partial charge in [0.2, 0.25) is 5.91 Å². The first-order valence-corrected chi connectivity index (χ1v) is 6.80. The number of H-pyrrole nitrogens is 1. The predicted molar refractivity (Wildman–Crippen MR) is 76.7 cm³/mol. The maximum absolute atomic E-state index is 12.3. The highest BCUT2D eigenvalue weighted by atomic mass is 35.5. The number of halogens is 4. The van der Waals surface area contributed by atoms with Gasteiger partial charge in [-0.1, -0.05) is 17.7 Å². The van der Waals surface area contributed by atoms with E-state index in [1.54, 1.807) is 24.4 Å². The summed E-state index contributed by atoms with van der Waals surface area (Å²) in [5, 5.41) is 10.3. The molecule has 0 radical (unpaired) electrons. The van der Waals surface area contributed by atoms with Crippen molar-refractivity contribution in [1.82, 2.24) is 9.88 Å². The van der Waals surface area contributed by atoms with E-state index in [2.05, 4.69) is 4.98 Å². The molecule has 8 heteroatoms. The molecule has 1 unspecified atom stereocenters. The molecule has 4 nitrogen and oxygen atoms in total. The maximum atomic E-state index is 12.3. The van der Waals surface area contributed by atoms with Crippen LogP contribution >= 0.6 is 11.6 Å². The summed E-state index contributed by atoms with van der Waals surface area (Å²) in [5.41, 5.74) is 1.40. The van der Waals surface area contributed by atoms with Crippen LogP contribution in [0.4, 0.5) is 13.2 Å². The van der Waals surface area contributed by atoms with Crippen LogP contribution < -0.4 is 0 Å². The molecule has 22 heavy (non-hydrogen) atoms. The number of carbonyl (C=O) groups is 1. The number of carbonyl (C=O) groups excluding carboxylic acids is 1. The first-order valence-electron chi connectivity index (χ1n) is 6.42. The van der Waals surface area contributed by atoms with Gasteiger partial charge in [-0.3, -0.25) is 4.79 Å². The number of likely N-dealkylation sites (N-methyl/N-ethyl adjacent to an activating group) is 1. The van der Waals surface area contributed by atoms with Crippen molar-refractivity contribution in [2.45, 2.75) is 18.7 Å². The minimum absolute atomic E-state index is 0.0668. The number of hydrogen-bond donors (Lipinski definition) is 2. The largest absolute Gasteiger partial charge is 0.416 e. The van der Waals surface area contributed by atoms with E-state index in [1.165, 1.54) is 7.05 Å². The van der Waals surface area contributed by atoms with Crippen LogP contribution in [0.3, 0.4) is 0 Å². The van der Waals surface area contributed by atoms with Gasteiger partial charge in [-0.05, 0) is 17.7 Å². The molecule has 1 aromatic carbocycles. The fraction of sp³-hybridized carbons (Fsp3) is 0.357. The van der Waals surface area contributed by atoms with Crippen LogP contribution in [-0.2, 0) is 11.2 Å². The van der Waals surface area contributed by atoms with Gasteiger partial charge in [-0.2, -0.15) is 13.2 Å². The normalized spacial score (nSPS) is 13.4. The van der Waals surface area contributed by atoms with Gasteiger partial charge in [-0.25, -0.2) is 0 Å². The highest BCUT2D eigenvalue weighted by Gasteiger charge is 2.39. The molecule has 120 valence electrons. The van der Waals surface area contributed by atoms with Crippen molar-refractivity contribution in [3.63, 3.8) is 0 Å². The molecule has 2 rings (SSSR count). The summed E-state index contributed by atoms with van der Waals surface area (Å²) in [6, 6.07) is 5.10. The van der Waals surface area contributed by atoms with Crippen molar-refractivity contribution in [3.8, 4) is 0 Å². The van der Waals surface area contributed by atoms with Crippen molar-refractivity contribution in [2.75, 3.05) is 13.6 Å².